The molecule has 0 bridgehead atoms. The second-order valence-corrected chi connectivity index (χ2v) is 13.2. The fourth-order valence-electron chi connectivity index (χ4n) is 4.38. The van der Waals surface area contributed by atoms with E-state index in [-0.39, 0.29) is 15.8 Å². The van der Waals surface area contributed by atoms with Crippen LogP contribution in [-0.2, 0) is 13.1 Å². The van der Waals surface area contributed by atoms with Crippen molar-refractivity contribution in [3.05, 3.63) is 140 Å². The molecular formula is C31H31N2P2+. The molecule has 0 saturated carbocycles. The minimum atomic E-state index is -0.371. The van der Waals surface area contributed by atoms with Crippen molar-refractivity contribution < 1.29 is 4.57 Å². The van der Waals surface area contributed by atoms with Crippen molar-refractivity contribution in [2.45, 2.75) is 13.1 Å². The Morgan fingerprint density at radius 2 is 0.914 bits per heavy atom. The zero-order valence-electron chi connectivity index (χ0n) is 19.9. The lowest BCUT2D eigenvalue weighted by molar-refractivity contribution is -0.692. The molecule has 0 saturated heterocycles. The molecule has 35 heavy (non-hydrogen) atoms. The van der Waals surface area contributed by atoms with Gasteiger partial charge in [-0.25, -0.2) is 9.13 Å². The molecule has 0 fully saturated rings. The Labute approximate surface area is 211 Å². The third-order valence-electron chi connectivity index (χ3n) is 6.18. The summed E-state index contributed by atoms with van der Waals surface area (Å²) >= 11 is 0. The van der Waals surface area contributed by atoms with Crippen LogP contribution in [0.4, 0.5) is 0 Å². The van der Waals surface area contributed by atoms with Crippen LogP contribution in [0.25, 0.3) is 0 Å². The number of aromatic nitrogens is 2. The van der Waals surface area contributed by atoms with E-state index in [1.165, 1.54) is 21.2 Å². The Kier molecular flexibility index (Phi) is 8.17. The van der Waals surface area contributed by atoms with Gasteiger partial charge in [-0.05, 0) is 37.1 Å². The average molecular weight is 494 g/mol. The van der Waals surface area contributed by atoms with Gasteiger partial charge in [-0.15, -0.1) is 0 Å². The molecule has 2 nitrogen and oxygen atoms in total. The second kappa shape index (κ2) is 12.1. The molecule has 1 heterocycles. The van der Waals surface area contributed by atoms with E-state index >= 15 is 0 Å². The van der Waals surface area contributed by atoms with Gasteiger partial charge in [0.05, 0.1) is 13.1 Å². The van der Waals surface area contributed by atoms with E-state index in [0.717, 1.165) is 25.4 Å². The van der Waals surface area contributed by atoms with Crippen molar-refractivity contribution in [1.82, 2.24) is 4.57 Å². The number of benzene rings is 4. The molecule has 0 aliphatic rings. The molecule has 1 aromatic heterocycles. The number of aryl methyl sites for hydroxylation is 2. The molecule has 0 unspecified atom stereocenters. The van der Waals surface area contributed by atoms with Gasteiger partial charge < -0.3 is 0 Å². The number of hydrogen-bond acceptors (Lipinski definition) is 0. The summed E-state index contributed by atoms with van der Waals surface area (Å²) in [5, 5.41) is 5.80. The van der Waals surface area contributed by atoms with Gasteiger partial charge in [0.1, 0.15) is 12.4 Å². The van der Waals surface area contributed by atoms with E-state index in [4.69, 9.17) is 0 Å². The Bertz CT molecular complexity index is 1110. The van der Waals surface area contributed by atoms with Gasteiger partial charge in [0, 0.05) is 12.3 Å². The van der Waals surface area contributed by atoms with E-state index < -0.39 is 0 Å². The fourth-order valence-corrected chi connectivity index (χ4v) is 9.00. The lowest BCUT2D eigenvalue weighted by atomic mass is 10.4. The van der Waals surface area contributed by atoms with E-state index in [2.05, 4.69) is 149 Å². The van der Waals surface area contributed by atoms with Gasteiger partial charge in [-0.2, -0.15) is 0 Å². The smallest absolute Gasteiger partial charge is 0.236 e. The first-order valence-electron chi connectivity index (χ1n) is 12.2. The normalized spacial score (nSPS) is 11.3. The lowest BCUT2D eigenvalue weighted by Gasteiger charge is -2.18. The first-order valence-corrected chi connectivity index (χ1v) is 15.2. The SMILES string of the molecule is c1ccc(P(CCn2cc[n+](CCP(c3ccccc3)c3ccccc3)c2)c2ccccc2)cc1. The molecule has 4 heteroatoms. The topological polar surface area (TPSA) is 8.81 Å². The zero-order valence-corrected chi connectivity index (χ0v) is 21.7. The molecule has 174 valence electrons. The summed E-state index contributed by atoms with van der Waals surface area (Å²) < 4.78 is 4.71. The quantitative estimate of drug-likeness (QED) is 0.190. The maximum atomic E-state index is 2.36. The molecule has 5 aromatic rings. The maximum Gasteiger partial charge on any atom is 0.243 e. The Hall–Kier alpha value is -3.05. The predicted octanol–water partition coefficient (Wildman–Crippen LogP) is 5.04. The Balaban J connectivity index is 1.26. The van der Waals surface area contributed by atoms with Crippen molar-refractivity contribution in [1.29, 1.82) is 0 Å². The van der Waals surface area contributed by atoms with Crippen LogP contribution in [-0.4, -0.2) is 16.9 Å². The van der Waals surface area contributed by atoms with E-state index in [1.807, 2.05) is 0 Å². The van der Waals surface area contributed by atoms with Gasteiger partial charge in [0.25, 0.3) is 0 Å². The first-order chi connectivity index (χ1) is 17.4. The van der Waals surface area contributed by atoms with Gasteiger partial charge in [-0.1, -0.05) is 121 Å². The molecule has 0 radical (unpaired) electrons. The number of nitrogens with zero attached hydrogens (tertiary/aromatic N) is 2. The molecule has 5 rings (SSSR count). The highest BCUT2D eigenvalue weighted by Crippen LogP contribution is 2.34. The molecular weight excluding hydrogens is 462 g/mol. The number of hydrogen-bond donors (Lipinski definition) is 0. The molecule has 0 spiro atoms. The molecule has 0 aliphatic heterocycles. The lowest BCUT2D eigenvalue weighted by Crippen LogP contribution is -2.34. The van der Waals surface area contributed by atoms with E-state index in [1.54, 1.807) is 0 Å². The minimum absolute atomic E-state index is 0.371. The molecule has 0 aliphatic carbocycles. The van der Waals surface area contributed by atoms with Crippen LogP contribution in [0, 0.1) is 0 Å². The van der Waals surface area contributed by atoms with Crippen molar-refractivity contribution in [2.24, 2.45) is 0 Å². The summed E-state index contributed by atoms with van der Waals surface area (Å²) in [6, 6.07) is 44.0. The zero-order chi connectivity index (χ0) is 23.7. The number of imidazole rings is 1. The Morgan fingerprint density at radius 1 is 0.514 bits per heavy atom. The summed E-state index contributed by atoms with van der Waals surface area (Å²) in [5.74, 6) is 0. The summed E-state index contributed by atoms with van der Waals surface area (Å²) in [4.78, 5) is 0. The average Bonchev–Trinajstić information content (AvgIpc) is 3.39. The molecule has 4 aromatic carbocycles. The Morgan fingerprint density at radius 3 is 1.34 bits per heavy atom. The third-order valence-corrected chi connectivity index (χ3v) is 11.2. The van der Waals surface area contributed by atoms with Crippen molar-refractivity contribution in [3.63, 3.8) is 0 Å². The summed E-state index contributed by atoms with van der Waals surface area (Å²) in [6.45, 7) is 2.04. The maximum absolute atomic E-state index is 2.36. The van der Waals surface area contributed by atoms with Crippen LogP contribution >= 0.6 is 15.8 Å². The van der Waals surface area contributed by atoms with Crippen molar-refractivity contribution >= 4 is 37.1 Å². The van der Waals surface area contributed by atoms with Gasteiger partial charge in [-0.3, -0.25) is 0 Å². The number of rotatable bonds is 10. The largest absolute Gasteiger partial charge is 0.243 e. The predicted molar refractivity (Wildman–Crippen MR) is 153 cm³/mol. The van der Waals surface area contributed by atoms with Crippen molar-refractivity contribution in [3.8, 4) is 0 Å². The second-order valence-electron chi connectivity index (χ2n) is 8.53. The van der Waals surface area contributed by atoms with Crippen LogP contribution in [0.3, 0.4) is 0 Å². The highest BCUT2D eigenvalue weighted by atomic mass is 31.1. The minimum Gasteiger partial charge on any atom is -0.236 e. The highest BCUT2D eigenvalue weighted by Gasteiger charge is 2.17. The standard InChI is InChI=1S/C31H31N2P2/c1-5-13-28(14-6-1)34(29-15-7-2-8-16-29)25-23-32-21-22-33(27-32)24-26-35(30-17-9-3-10-18-30)31-19-11-4-12-20-31/h1-22,27H,23-26H2/q+1. The van der Waals surface area contributed by atoms with Gasteiger partial charge >= 0.3 is 0 Å². The van der Waals surface area contributed by atoms with Crippen LogP contribution < -0.4 is 25.8 Å². The van der Waals surface area contributed by atoms with Gasteiger partial charge in [0.15, 0.2) is 0 Å². The van der Waals surface area contributed by atoms with Crippen LogP contribution in [0.5, 0.6) is 0 Å². The van der Waals surface area contributed by atoms with E-state index in [0.29, 0.717) is 0 Å². The molecule has 0 N–H and O–H groups in total. The van der Waals surface area contributed by atoms with E-state index in [9.17, 15) is 0 Å². The molecule has 0 amide bonds. The van der Waals surface area contributed by atoms with Gasteiger partial charge in [0.2, 0.25) is 6.33 Å². The first kappa shape index (κ1) is 23.7. The highest BCUT2D eigenvalue weighted by molar-refractivity contribution is 7.73. The summed E-state index contributed by atoms with van der Waals surface area (Å²) in [5.41, 5.74) is 0. The monoisotopic (exact) mass is 493 g/mol. The fraction of sp³-hybridized carbons (Fsp3) is 0.129. The van der Waals surface area contributed by atoms with Crippen molar-refractivity contribution in [2.75, 3.05) is 12.3 Å². The third kappa shape index (κ3) is 6.34. The summed E-state index contributed by atoms with van der Waals surface area (Å²) in [7, 11) is -0.742. The summed E-state index contributed by atoms with van der Waals surface area (Å²) in [6.07, 6.45) is 9.03. The van der Waals surface area contributed by atoms with Crippen LogP contribution in [0.2, 0.25) is 0 Å². The molecule has 0 atom stereocenters. The van der Waals surface area contributed by atoms with Crippen LogP contribution in [0.1, 0.15) is 0 Å². The van der Waals surface area contributed by atoms with Crippen LogP contribution in [0.15, 0.2) is 140 Å².